The van der Waals surface area contributed by atoms with Crippen molar-refractivity contribution < 1.29 is 4.74 Å². The van der Waals surface area contributed by atoms with Gasteiger partial charge in [0.1, 0.15) is 11.9 Å². The summed E-state index contributed by atoms with van der Waals surface area (Å²) in [6, 6.07) is 9.70. The lowest BCUT2D eigenvalue weighted by molar-refractivity contribution is 0.0396. The van der Waals surface area contributed by atoms with E-state index >= 15 is 0 Å². The Labute approximate surface area is 128 Å². The molecule has 1 atom stereocenters. The van der Waals surface area contributed by atoms with Crippen LogP contribution in [0.2, 0.25) is 5.02 Å². The molecular weight excluding hydrogens is 288 g/mol. The molecule has 2 heterocycles. The Morgan fingerprint density at radius 3 is 2.90 bits per heavy atom. The van der Waals surface area contributed by atoms with Gasteiger partial charge in [-0.2, -0.15) is 4.98 Å². The second-order valence-corrected chi connectivity index (χ2v) is 5.46. The molecule has 0 radical (unpaired) electrons. The Bertz CT molecular complexity index is 629. The highest BCUT2D eigenvalue weighted by Gasteiger charge is 2.24. The minimum Gasteiger partial charge on any atom is -0.370 e. The minimum absolute atomic E-state index is 0.0658. The summed E-state index contributed by atoms with van der Waals surface area (Å²) in [6.45, 7) is 4.00. The molecule has 2 aromatic rings. The lowest BCUT2D eigenvalue weighted by atomic mass is 10.1. The second-order valence-electron chi connectivity index (χ2n) is 5.05. The second kappa shape index (κ2) is 5.87. The van der Waals surface area contributed by atoms with Crippen LogP contribution in [0.4, 0.5) is 11.8 Å². The Balaban J connectivity index is 1.84. The fraction of sp³-hybridized carbons (Fsp3) is 0.333. The molecular formula is C15H17ClN4O. The van der Waals surface area contributed by atoms with E-state index in [9.17, 15) is 0 Å². The highest BCUT2D eigenvalue weighted by molar-refractivity contribution is 6.31. The molecule has 0 unspecified atom stereocenters. The summed E-state index contributed by atoms with van der Waals surface area (Å²) in [4.78, 5) is 10.6. The van der Waals surface area contributed by atoms with E-state index < -0.39 is 0 Å². The van der Waals surface area contributed by atoms with Crippen molar-refractivity contribution in [2.24, 2.45) is 0 Å². The van der Waals surface area contributed by atoms with Crippen molar-refractivity contribution in [1.29, 1.82) is 0 Å². The number of hydrogen-bond donors (Lipinski definition) is 1. The maximum atomic E-state index is 6.26. The van der Waals surface area contributed by atoms with E-state index in [2.05, 4.69) is 14.9 Å². The van der Waals surface area contributed by atoms with Gasteiger partial charge in [-0.05, 0) is 13.0 Å². The number of nitrogen functional groups attached to an aromatic ring is 1. The van der Waals surface area contributed by atoms with Crippen molar-refractivity contribution in [1.82, 2.24) is 9.97 Å². The molecule has 6 heteroatoms. The third-order valence-corrected chi connectivity index (χ3v) is 3.84. The summed E-state index contributed by atoms with van der Waals surface area (Å²) in [5.41, 5.74) is 7.60. The molecule has 0 aliphatic carbocycles. The molecule has 1 aliphatic rings. The molecule has 0 saturated carbocycles. The molecule has 0 amide bonds. The van der Waals surface area contributed by atoms with Gasteiger partial charge in [0.15, 0.2) is 0 Å². The topological polar surface area (TPSA) is 64.3 Å². The number of nitrogens with zero attached hydrogens (tertiary/aromatic N) is 3. The number of halogens is 1. The first-order chi connectivity index (χ1) is 10.1. The van der Waals surface area contributed by atoms with Crippen LogP contribution in [0.5, 0.6) is 0 Å². The molecule has 2 N–H and O–H groups in total. The van der Waals surface area contributed by atoms with Gasteiger partial charge in [-0.1, -0.05) is 29.8 Å². The van der Waals surface area contributed by atoms with Gasteiger partial charge in [0, 0.05) is 35.4 Å². The number of anilines is 2. The monoisotopic (exact) mass is 304 g/mol. The third-order valence-electron chi connectivity index (χ3n) is 3.50. The molecule has 110 valence electrons. The van der Waals surface area contributed by atoms with Gasteiger partial charge in [-0.25, -0.2) is 4.98 Å². The number of nitrogens with two attached hydrogens (primary N) is 1. The van der Waals surface area contributed by atoms with Gasteiger partial charge >= 0.3 is 0 Å². The summed E-state index contributed by atoms with van der Waals surface area (Å²) in [5.74, 6) is 1.13. The number of ether oxygens (including phenoxy) is 1. The molecule has 21 heavy (non-hydrogen) atoms. The maximum absolute atomic E-state index is 6.26. The Morgan fingerprint density at radius 2 is 2.14 bits per heavy atom. The summed E-state index contributed by atoms with van der Waals surface area (Å²) in [7, 11) is 0. The van der Waals surface area contributed by atoms with E-state index in [0.717, 1.165) is 28.6 Å². The number of benzene rings is 1. The number of rotatable bonds is 2. The number of hydrogen-bond acceptors (Lipinski definition) is 5. The normalized spacial score (nSPS) is 18.8. The van der Waals surface area contributed by atoms with E-state index in [1.807, 2.05) is 37.3 Å². The van der Waals surface area contributed by atoms with Gasteiger partial charge in [-0.15, -0.1) is 0 Å². The van der Waals surface area contributed by atoms with Crippen LogP contribution in [0, 0.1) is 6.92 Å². The van der Waals surface area contributed by atoms with Crippen LogP contribution in [0.1, 0.15) is 17.4 Å². The molecule has 1 aromatic carbocycles. The summed E-state index contributed by atoms with van der Waals surface area (Å²) in [5, 5.41) is 0.725. The lowest BCUT2D eigenvalue weighted by Crippen LogP contribution is -2.39. The predicted molar refractivity (Wildman–Crippen MR) is 83.5 cm³/mol. The van der Waals surface area contributed by atoms with Crippen LogP contribution < -0.4 is 10.6 Å². The van der Waals surface area contributed by atoms with Crippen LogP contribution in [-0.4, -0.2) is 29.7 Å². The largest absolute Gasteiger partial charge is 0.370 e. The molecule has 1 saturated heterocycles. The fourth-order valence-corrected chi connectivity index (χ4v) is 2.78. The molecule has 1 fully saturated rings. The van der Waals surface area contributed by atoms with E-state index in [-0.39, 0.29) is 6.10 Å². The van der Waals surface area contributed by atoms with Gasteiger partial charge in [-0.3, -0.25) is 0 Å². The van der Waals surface area contributed by atoms with Crippen molar-refractivity contribution in [2.45, 2.75) is 13.0 Å². The van der Waals surface area contributed by atoms with Crippen molar-refractivity contribution in [2.75, 3.05) is 30.3 Å². The summed E-state index contributed by atoms with van der Waals surface area (Å²) in [6.07, 6.45) is -0.0658. The van der Waals surface area contributed by atoms with Crippen LogP contribution in [0.3, 0.4) is 0 Å². The first kappa shape index (κ1) is 14.1. The minimum atomic E-state index is -0.0658. The highest BCUT2D eigenvalue weighted by Crippen LogP contribution is 2.30. The SMILES string of the molecule is Cc1cc(N2CCO[C@H](c3ccccc3Cl)C2)nc(N)n1. The van der Waals surface area contributed by atoms with Gasteiger partial charge in [0.25, 0.3) is 0 Å². The molecule has 1 aliphatic heterocycles. The lowest BCUT2D eigenvalue weighted by Gasteiger charge is -2.34. The van der Waals surface area contributed by atoms with Gasteiger partial charge in [0.05, 0.1) is 6.61 Å². The molecule has 0 spiro atoms. The number of morpholine rings is 1. The molecule has 5 nitrogen and oxygen atoms in total. The Kier molecular flexibility index (Phi) is 3.94. The first-order valence-corrected chi connectivity index (χ1v) is 7.23. The smallest absolute Gasteiger partial charge is 0.222 e. The van der Waals surface area contributed by atoms with Crippen molar-refractivity contribution in [3.8, 4) is 0 Å². The standard InChI is InChI=1S/C15H17ClN4O/c1-10-8-14(19-15(17)18-10)20-6-7-21-13(9-20)11-4-2-3-5-12(11)16/h2-5,8,13H,6-7,9H2,1H3,(H2,17,18,19)/t13-/m0/s1. The quantitative estimate of drug-likeness (QED) is 0.924. The predicted octanol–water partition coefficient (Wildman–Crippen LogP) is 2.60. The van der Waals surface area contributed by atoms with Gasteiger partial charge < -0.3 is 15.4 Å². The zero-order valence-corrected chi connectivity index (χ0v) is 12.5. The van der Waals surface area contributed by atoms with E-state index in [1.165, 1.54) is 0 Å². The number of aryl methyl sites for hydroxylation is 1. The first-order valence-electron chi connectivity index (χ1n) is 6.85. The van der Waals surface area contributed by atoms with Crippen molar-refractivity contribution in [3.05, 3.63) is 46.6 Å². The fourth-order valence-electron chi connectivity index (χ4n) is 2.52. The zero-order valence-electron chi connectivity index (χ0n) is 11.8. The third kappa shape index (κ3) is 3.09. The van der Waals surface area contributed by atoms with E-state index in [4.69, 9.17) is 22.1 Å². The van der Waals surface area contributed by atoms with Crippen LogP contribution in [0.25, 0.3) is 0 Å². The number of aromatic nitrogens is 2. The van der Waals surface area contributed by atoms with E-state index in [1.54, 1.807) is 0 Å². The maximum Gasteiger partial charge on any atom is 0.222 e. The Morgan fingerprint density at radius 1 is 1.33 bits per heavy atom. The molecule has 1 aromatic heterocycles. The van der Waals surface area contributed by atoms with Crippen LogP contribution in [-0.2, 0) is 4.74 Å². The van der Waals surface area contributed by atoms with Crippen LogP contribution >= 0.6 is 11.6 Å². The molecule has 0 bridgehead atoms. The van der Waals surface area contributed by atoms with Gasteiger partial charge in [0.2, 0.25) is 5.95 Å². The zero-order chi connectivity index (χ0) is 14.8. The van der Waals surface area contributed by atoms with Crippen LogP contribution in [0.15, 0.2) is 30.3 Å². The Hall–Kier alpha value is -1.85. The van der Waals surface area contributed by atoms with Crippen molar-refractivity contribution >= 4 is 23.4 Å². The average Bonchev–Trinajstić information content (AvgIpc) is 2.47. The highest BCUT2D eigenvalue weighted by atomic mass is 35.5. The molecule has 3 rings (SSSR count). The average molecular weight is 305 g/mol. The summed E-state index contributed by atoms with van der Waals surface area (Å²) < 4.78 is 5.86. The van der Waals surface area contributed by atoms with Crippen molar-refractivity contribution in [3.63, 3.8) is 0 Å². The van der Waals surface area contributed by atoms with E-state index in [0.29, 0.717) is 19.1 Å². The summed E-state index contributed by atoms with van der Waals surface area (Å²) >= 11 is 6.26.